The van der Waals surface area contributed by atoms with E-state index < -0.39 is 5.60 Å². The van der Waals surface area contributed by atoms with Gasteiger partial charge in [0.1, 0.15) is 5.60 Å². The topological polar surface area (TPSA) is 26.3 Å². The van der Waals surface area contributed by atoms with Crippen LogP contribution in [0.2, 0.25) is 0 Å². The number of ether oxygens (including phenoxy) is 1. The summed E-state index contributed by atoms with van der Waals surface area (Å²) < 4.78 is 5.86. The molecule has 130 valence electrons. The first-order valence-corrected chi connectivity index (χ1v) is 10.0. The molecule has 0 amide bonds. The number of carbonyl (C=O) groups is 1. The monoisotopic (exact) mass is 318 g/mol. The minimum absolute atomic E-state index is 0.0720. The molecule has 0 aromatic heterocycles. The maximum absolute atomic E-state index is 11.9. The molecule has 4 saturated carbocycles. The SMILES string of the molecule is COC1(C=O)CC[C@H]2[C@@H]3CC[C@H]4CCCC[C@]4(C)[C@H]3CC[C@@]21C. The van der Waals surface area contributed by atoms with Gasteiger partial charge in [-0.15, -0.1) is 0 Å². The summed E-state index contributed by atoms with van der Waals surface area (Å²) in [5.74, 6) is 3.41. The van der Waals surface area contributed by atoms with Gasteiger partial charge in [0.05, 0.1) is 0 Å². The van der Waals surface area contributed by atoms with Crippen LogP contribution in [-0.2, 0) is 9.53 Å². The molecule has 7 atom stereocenters. The zero-order valence-corrected chi connectivity index (χ0v) is 15.3. The molecule has 2 heteroatoms. The second-order valence-corrected chi connectivity index (χ2v) is 9.61. The first kappa shape index (κ1) is 16.1. The van der Waals surface area contributed by atoms with Crippen LogP contribution in [0.5, 0.6) is 0 Å². The van der Waals surface area contributed by atoms with Gasteiger partial charge in [-0.2, -0.15) is 0 Å². The molecule has 0 saturated heterocycles. The van der Waals surface area contributed by atoms with Crippen molar-refractivity contribution < 1.29 is 9.53 Å². The summed E-state index contributed by atoms with van der Waals surface area (Å²) in [5, 5.41) is 0. The maximum Gasteiger partial charge on any atom is 0.152 e. The normalized spacial score (nSPS) is 55.6. The average molecular weight is 319 g/mol. The van der Waals surface area contributed by atoms with Gasteiger partial charge < -0.3 is 9.53 Å². The number of fused-ring (bicyclic) bond motifs is 5. The Morgan fingerprint density at radius 1 is 0.913 bits per heavy atom. The fourth-order valence-corrected chi connectivity index (χ4v) is 7.91. The van der Waals surface area contributed by atoms with Gasteiger partial charge in [0.25, 0.3) is 0 Å². The van der Waals surface area contributed by atoms with Gasteiger partial charge in [-0.3, -0.25) is 0 Å². The van der Waals surface area contributed by atoms with Crippen LogP contribution in [0.15, 0.2) is 0 Å². The summed E-state index contributed by atoms with van der Waals surface area (Å²) in [6.45, 7) is 4.99. The standard InChI is InChI=1S/C21H34O2/c1-19-11-5-4-6-15(19)7-8-16-17(19)9-12-20(2)18(16)10-13-21(20,14-22)23-3/h14-18H,4-13H2,1-3H3/t15-,16-,17+,18+,19+,20+,21?/m1/s1. The van der Waals surface area contributed by atoms with Gasteiger partial charge in [0.15, 0.2) is 6.29 Å². The van der Waals surface area contributed by atoms with Crippen LogP contribution in [0.1, 0.15) is 78.1 Å². The van der Waals surface area contributed by atoms with Crippen LogP contribution in [0.25, 0.3) is 0 Å². The molecule has 0 aromatic carbocycles. The molecule has 0 bridgehead atoms. The molecule has 0 aromatic rings. The first-order chi connectivity index (χ1) is 11.0. The number of rotatable bonds is 2. The Kier molecular flexibility index (Phi) is 3.72. The van der Waals surface area contributed by atoms with E-state index in [0.29, 0.717) is 11.3 Å². The predicted octanol–water partition coefficient (Wildman–Crippen LogP) is 5.00. The number of hydrogen-bond donors (Lipinski definition) is 0. The quantitative estimate of drug-likeness (QED) is 0.669. The smallest absolute Gasteiger partial charge is 0.152 e. The summed E-state index contributed by atoms with van der Waals surface area (Å²) in [5.41, 5.74) is 0.150. The van der Waals surface area contributed by atoms with E-state index in [4.69, 9.17) is 4.74 Å². The molecule has 2 nitrogen and oxygen atoms in total. The highest BCUT2D eigenvalue weighted by molar-refractivity contribution is 5.65. The van der Waals surface area contributed by atoms with Gasteiger partial charge in [0, 0.05) is 12.5 Å². The first-order valence-electron chi connectivity index (χ1n) is 10.0. The molecule has 0 radical (unpaired) electrons. The van der Waals surface area contributed by atoms with E-state index in [0.717, 1.165) is 30.5 Å². The average Bonchev–Trinajstić information content (AvgIpc) is 2.87. The Bertz CT molecular complexity index is 488. The predicted molar refractivity (Wildman–Crippen MR) is 92.1 cm³/mol. The van der Waals surface area contributed by atoms with Gasteiger partial charge in [-0.05, 0) is 80.5 Å². The van der Waals surface area contributed by atoms with Crippen molar-refractivity contribution in [3.63, 3.8) is 0 Å². The third-order valence-corrected chi connectivity index (χ3v) is 9.32. The fourth-order valence-electron chi connectivity index (χ4n) is 7.91. The third-order valence-electron chi connectivity index (χ3n) is 9.32. The van der Waals surface area contributed by atoms with Crippen LogP contribution < -0.4 is 0 Å². The molecular weight excluding hydrogens is 284 g/mol. The summed E-state index contributed by atoms with van der Waals surface area (Å²) >= 11 is 0. The van der Waals surface area contributed by atoms with Gasteiger partial charge in [-0.25, -0.2) is 0 Å². The minimum Gasteiger partial charge on any atom is -0.370 e. The van der Waals surface area contributed by atoms with Crippen LogP contribution in [0, 0.1) is 34.5 Å². The van der Waals surface area contributed by atoms with E-state index in [2.05, 4.69) is 13.8 Å². The van der Waals surface area contributed by atoms with Crippen LogP contribution in [0.4, 0.5) is 0 Å². The summed E-state index contributed by atoms with van der Waals surface area (Å²) in [6, 6.07) is 0. The number of hydrogen-bond acceptors (Lipinski definition) is 2. The lowest BCUT2D eigenvalue weighted by Gasteiger charge is -2.61. The zero-order valence-electron chi connectivity index (χ0n) is 15.3. The Labute approximate surface area is 141 Å². The molecule has 23 heavy (non-hydrogen) atoms. The van der Waals surface area contributed by atoms with Crippen molar-refractivity contribution in [1.82, 2.24) is 0 Å². The van der Waals surface area contributed by atoms with E-state index in [1.807, 2.05) is 0 Å². The van der Waals surface area contributed by atoms with Crippen molar-refractivity contribution in [3.8, 4) is 0 Å². The van der Waals surface area contributed by atoms with E-state index in [1.165, 1.54) is 57.8 Å². The molecule has 0 N–H and O–H groups in total. The van der Waals surface area contributed by atoms with Crippen molar-refractivity contribution in [2.45, 2.75) is 83.7 Å². The Balaban J connectivity index is 1.66. The van der Waals surface area contributed by atoms with E-state index in [1.54, 1.807) is 7.11 Å². The maximum atomic E-state index is 11.9. The van der Waals surface area contributed by atoms with Gasteiger partial charge in [0.2, 0.25) is 0 Å². The zero-order chi connectivity index (χ0) is 16.3. The lowest BCUT2D eigenvalue weighted by Crippen LogP contribution is -2.57. The lowest BCUT2D eigenvalue weighted by atomic mass is 9.44. The van der Waals surface area contributed by atoms with Crippen molar-refractivity contribution in [2.24, 2.45) is 34.5 Å². The molecule has 0 spiro atoms. The van der Waals surface area contributed by atoms with Gasteiger partial charge >= 0.3 is 0 Å². The lowest BCUT2D eigenvalue weighted by molar-refractivity contribution is -0.167. The number of carbonyl (C=O) groups excluding carboxylic acids is 1. The van der Waals surface area contributed by atoms with E-state index >= 15 is 0 Å². The van der Waals surface area contributed by atoms with E-state index in [9.17, 15) is 4.79 Å². The molecule has 4 fully saturated rings. The number of aldehydes is 1. The second kappa shape index (κ2) is 5.31. The molecule has 4 aliphatic rings. The highest BCUT2D eigenvalue weighted by atomic mass is 16.5. The number of methoxy groups -OCH3 is 1. The van der Waals surface area contributed by atoms with Gasteiger partial charge in [-0.1, -0.05) is 26.7 Å². The van der Waals surface area contributed by atoms with Crippen molar-refractivity contribution in [1.29, 1.82) is 0 Å². The van der Waals surface area contributed by atoms with Crippen LogP contribution in [-0.4, -0.2) is 19.0 Å². The van der Waals surface area contributed by atoms with Crippen LogP contribution in [0.3, 0.4) is 0 Å². The molecule has 4 rings (SSSR count). The molecule has 0 heterocycles. The van der Waals surface area contributed by atoms with Crippen molar-refractivity contribution in [2.75, 3.05) is 7.11 Å². The highest BCUT2D eigenvalue weighted by Crippen LogP contribution is 2.68. The summed E-state index contributed by atoms with van der Waals surface area (Å²) in [4.78, 5) is 11.9. The Morgan fingerprint density at radius 2 is 1.70 bits per heavy atom. The molecule has 1 unspecified atom stereocenters. The second-order valence-electron chi connectivity index (χ2n) is 9.61. The minimum atomic E-state index is -0.507. The highest BCUT2D eigenvalue weighted by Gasteiger charge is 2.65. The van der Waals surface area contributed by atoms with Crippen LogP contribution >= 0.6 is 0 Å². The summed E-state index contributed by atoms with van der Waals surface area (Å²) in [6.07, 6.45) is 14.5. The molecule has 4 aliphatic carbocycles. The Morgan fingerprint density at radius 3 is 2.43 bits per heavy atom. The largest absolute Gasteiger partial charge is 0.370 e. The Hall–Kier alpha value is -0.370. The molecule has 0 aliphatic heterocycles. The summed E-state index contributed by atoms with van der Waals surface area (Å²) in [7, 11) is 1.76. The third kappa shape index (κ3) is 1.94. The van der Waals surface area contributed by atoms with E-state index in [-0.39, 0.29) is 5.41 Å². The fraction of sp³-hybridized carbons (Fsp3) is 0.952. The molecular formula is C21H34O2. The van der Waals surface area contributed by atoms with Crippen molar-refractivity contribution in [3.05, 3.63) is 0 Å². The van der Waals surface area contributed by atoms with Crippen molar-refractivity contribution >= 4 is 6.29 Å².